The fraction of sp³-hybridized carbons (Fsp3) is 0.500. The molecule has 1 amide bonds. The summed E-state index contributed by atoms with van der Waals surface area (Å²) in [6, 6.07) is 5.65. The average Bonchev–Trinajstić information content (AvgIpc) is 2.38. The zero-order valence-corrected chi connectivity index (χ0v) is 13.8. The van der Waals surface area contributed by atoms with Gasteiger partial charge in [-0.05, 0) is 67.0 Å². The van der Waals surface area contributed by atoms with E-state index >= 15 is 0 Å². The van der Waals surface area contributed by atoms with Crippen LogP contribution in [-0.2, 0) is 0 Å². The first-order valence-electron chi connectivity index (χ1n) is 6.52. The molecule has 0 bridgehead atoms. The summed E-state index contributed by atoms with van der Waals surface area (Å²) in [6.45, 7) is 2.74. The van der Waals surface area contributed by atoms with Gasteiger partial charge in [0, 0.05) is 22.2 Å². The first-order chi connectivity index (χ1) is 9.00. The minimum Gasteiger partial charge on any atom is -0.334 e. The van der Waals surface area contributed by atoms with Gasteiger partial charge in [0.05, 0.1) is 10.6 Å². The van der Waals surface area contributed by atoms with Crippen LogP contribution in [-0.4, -0.2) is 29.4 Å². The van der Waals surface area contributed by atoms with Gasteiger partial charge in [0.1, 0.15) is 0 Å². The van der Waals surface area contributed by atoms with E-state index in [0.29, 0.717) is 10.6 Å². The number of halogens is 2. The molecule has 0 radical (unpaired) electrons. The molecular formula is C14H18ClIN2O. The van der Waals surface area contributed by atoms with E-state index < -0.39 is 0 Å². The molecule has 1 aromatic carbocycles. The molecule has 2 atom stereocenters. The summed E-state index contributed by atoms with van der Waals surface area (Å²) < 4.78 is 1.03. The van der Waals surface area contributed by atoms with Crippen molar-refractivity contribution in [1.82, 2.24) is 4.90 Å². The van der Waals surface area contributed by atoms with Gasteiger partial charge in [0.2, 0.25) is 0 Å². The summed E-state index contributed by atoms with van der Waals surface area (Å²) in [5, 5.41) is 0.519. The molecule has 104 valence electrons. The Morgan fingerprint density at radius 3 is 2.89 bits per heavy atom. The third kappa shape index (κ3) is 3.41. The second-order valence-electron chi connectivity index (χ2n) is 5.04. The summed E-state index contributed by atoms with van der Waals surface area (Å²) in [5.41, 5.74) is 6.59. The zero-order chi connectivity index (χ0) is 14.0. The van der Waals surface area contributed by atoms with Gasteiger partial charge in [-0.2, -0.15) is 0 Å². The Labute approximate surface area is 132 Å². The monoisotopic (exact) mass is 392 g/mol. The number of carbonyl (C=O) groups excluding carboxylic acids is 1. The number of rotatable bonds is 2. The molecule has 0 spiro atoms. The molecule has 1 aliphatic heterocycles. The van der Waals surface area contributed by atoms with E-state index in [9.17, 15) is 4.79 Å². The molecule has 5 heteroatoms. The van der Waals surface area contributed by atoms with Crippen LogP contribution in [0.4, 0.5) is 0 Å². The summed E-state index contributed by atoms with van der Waals surface area (Å²) in [6.07, 6.45) is 3.15. The molecule has 2 N–H and O–H groups in total. The number of hydrogen-bond acceptors (Lipinski definition) is 2. The van der Waals surface area contributed by atoms with Crippen LogP contribution < -0.4 is 5.73 Å². The number of carbonyl (C=O) groups is 1. The van der Waals surface area contributed by atoms with Crippen LogP contribution in [0.3, 0.4) is 0 Å². The molecular weight excluding hydrogens is 375 g/mol. The first kappa shape index (κ1) is 15.1. The maximum absolute atomic E-state index is 12.6. The van der Waals surface area contributed by atoms with Crippen molar-refractivity contribution < 1.29 is 4.79 Å². The fourth-order valence-corrected chi connectivity index (χ4v) is 3.51. The number of hydrogen-bond donors (Lipinski definition) is 1. The highest BCUT2D eigenvalue weighted by Gasteiger charge is 2.30. The third-order valence-electron chi connectivity index (χ3n) is 3.58. The Bertz CT molecular complexity index is 479. The van der Waals surface area contributed by atoms with Crippen molar-refractivity contribution in [2.24, 2.45) is 5.73 Å². The van der Waals surface area contributed by atoms with Gasteiger partial charge in [-0.25, -0.2) is 0 Å². The minimum absolute atomic E-state index is 0.00315. The van der Waals surface area contributed by atoms with E-state index in [-0.39, 0.29) is 18.0 Å². The SMILES string of the molecule is CC(N)C1CCCCN1C(=O)c1ccc(I)cc1Cl. The Morgan fingerprint density at radius 1 is 1.53 bits per heavy atom. The second kappa shape index (κ2) is 6.41. The van der Waals surface area contributed by atoms with Crippen molar-refractivity contribution in [1.29, 1.82) is 0 Å². The number of nitrogens with two attached hydrogens (primary N) is 1. The number of amides is 1. The zero-order valence-electron chi connectivity index (χ0n) is 10.9. The average molecular weight is 393 g/mol. The lowest BCUT2D eigenvalue weighted by molar-refractivity contribution is 0.0584. The lowest BCUT2D eigenvalue weighted by Gasteiger charge is -2.38. The van der Waals surface area contributed by atoms with Crippen molar-refractivity contribution >= 4 is 40.1 Å². The van der Waals surface area contributed by atoms with E-state index in [1.165, 1.54) is 0 Å². The third-order valence-corrected chi connectivity index (χ3v) is 4.56. The second-order valence-corrected chi connectivity index (χ2v) is 6.70. The molecule has 1 fully saturated rings. The van der Waals surface area contributed by atoms with Crippen molar-refractivity contribution in [3.05, 3.63) is 32.4 Å². The maximum atomic E-state index is 12.6. The molecule has 3 nitrogen and oxygen atoms in total. The fourth-order valence-electron chi connectivity index (χ4n) is 2.57. The van der Waals surface area contributed by atoms with E-state index in [0.717, 1.165) is 29.4 Å². The van der Waals surface area contributed by atoms with Crippen molar-refractivity contribution in [2.75, 3.05) is 6.54 Å². The molecule has 1 aliphatic rings. The van der Waals surface area contributed by atoms with Crippen LogP contribution in [0, 0.1) is 3.57 Å². The Hall–Kier alpha value is -0.330. The molecule has 1 aromatic rings. The number of piperidine rings is 1. The highest BCUT2D eigenvalue weighted by molar-refractivity contribution is 14.1. The van der Waals surface area contributed by atoms with Crippen molar-refractivity contribution in [3.63, 3.8) is 0 Å². The van der Waals surface area contributed by atoms with Crippen LogP contribution in [0.15, 0.2) is 18.2 Å². The largest absolute Gasteiger partial charge is 0.334 e. The first-order valence-corrected chi connectivity index (χ1v) is 7.98. The Balaban J connectivity index is 2.26. The summed E-state index contributed by atoms with van der Waals surface area (Å²) in [4.78, 5) is 14.5. The Kier molecular flexibility index (Phi) is 5.09. The molecule has 0 aromatic heterocycles. The van der Waals surface area contributed by atoms with Gasteiger partial charge in [-0.1, -0.05) is 11.6 Å². The van der Waals surface area contributed by atoms with Crippen LogP contribution in [0.5, 0.6) is 0 Å². The van der Waals surface area contributed by atoms with Crippen LogP contribution >= 0.6 is 34.2 Å². The molecule has 19 heavy (non-hydrogen) atoms. The van der Waals surface area contributed by atoms with E-state index in [4.69, 9.17) is 17.3 Å². The predicted octanol–water partition coefficient (Wildman–Crippen LogP) is 3.29. The molecule has 0 aliphatic carbocycles. The molecule has 0 saturated carbocycles. The van der Waals surface area contributed by atoms with E-state index in [1.807, 2.05) is 24.0 Å². The minimum atomic E-state index is -0.00752. The van der Waals surface area contributed by atoms with Crippen molar-refractivity contribution in [3.8, 4) is 0 Å². The Morgan fingerprint density at radius 2 is 2.26 bits per heavy atom. The molecule has 1 saturated heterocycles. The topological polar surface area (TPSA) is 46.3 Å². The quantitative estimate of drug-likeness (QED) is 0.785. The van der Waals surface area contributed by atoms with E-state index in [2.05, 4.69) is 22.6 Å². The lowest BCUT2D eigenvalue weighted by atomic mass is 9.96. The van der Waals surface area contributed by atoms with Crippen LogP contribution in [0.2, 0.25) is 5.02 Å². The summed E-state index contributed by atoms with van der Waals surface area (Å²) in [7, 11) is 0. The lowest BCUT2D eigenvalue weighted by Crippen LogP contribution is -2.51. The van der Waals surface area contributed by atoms with Crippen molar-refractivity contribution in [2.45, 2.75) is 38.3 Å². The van der Waals surface area contributed by atoms with Crippen LogP contribution in [0.25, 0.3) is 0 Å². The molecule has 2 unspecified atom stereocenters. The number of benzene rings is 1. The number of likely N-dealkylation sites (tertiary alicyclic amines) is 1. The summed E-state index contributed by atoms with van der Waals surface area (Å²) in [5.74, 6) is 0.00315. The highest BCUT2D eigenvalue weighted by atomic mass is 127. The molecule has 1 heterocycles. The van der Waals surface area contributed by atoms with Gasteiger partial charge in [-0.15, -0.1) is 0 Å². The standard InChI is InChI=1S/C14H18ClIN2O/c1-9(17)13-4-2-3-7-18(13)14(19)11-6-5-10(16)8-12(11)15/h5-6,8-9,13H,2-4,7,17H2,1H3. The number of nitrogens with zero attached hydrogens (tertiary/aromatic N) is 1. The highest BCUT2D eigenvalue weighted by Crippen LogP contribution is 2.25. The van der Waals surface area contributed by atoms with Gasteiger partial charge < -0.3 is 10.6 Å². The maximum Gasteiger partial charge on any atom is 0.255 e. The smallest absolute Gasteiger partial charge is 0.255 e. The van der Waals surface area contributed by atoms with Gasteiger partial charge in [0.15, 0.2) is 0 Å². The van der Waals surface area contributed by atoms with Gasteiger partial charge in [-0.3, -0.25) is 4.79 Å². The van der Waals surface area contributed by atoms with E-state index in [1.54, 1.807) is 6.07 Å². The summed E-state index contributed by atoms with van der Waals surface area (Å²) >= 11 is 8.37. The predicted molar refractivity (Wildman–Crippen MR) is 86.5 cm³/mol. The normalized spacial score (nSPS) is 21.3. The van der Waals surface area contributed by atoms with Gasteiger partial charge in [0.25, 0.3) is 5.91 Å². The molecule has 2 rings (SSSR count). The van der Waals surface area contributed by atoms with Gasteiger partial charge >= 0.3 is 0 Å². The van der Waals surface area contributed by atoms with Crippen LogP contribution in [0.1, 0.15) is 36.5 Å².